The summed E-state index contributed by atoms with van der Waals surface area (Å²) in [5.74, 6) is 0.971. The fourth-order valence-corrected chi connectivity index (χ4v) is 3.51. The molecule has 0 saturated carbocycles. The highest BCUT2D eigenvalue weighted by molar-refractivity contribution is 6.00. The molecule has 0 aliphatic carbocycles. The highest BCUT2D eigenvalue weighted by atomic mass is 16.5. The van der Waals surface area contributed by atoms with Crippen molar-refractivity contribution in [3.8, 4) is 28.6 Å². The zero-order valence-corrected chi connectivity index (χ0v) is 17.8. The van der Waals surface area contributed by atoms with Gasteiger partial charge in [0.25, 0.3) is 5.91 Å². The van der Waals surface area contributed by atoms with Crippen LogP contribution in [0.1, 0.15) is 15.9 Å². The second-order valence-electron chi connectivity index (χ2n) is 7.37. The Balaban J connectivity index is 1.36. The zero-order chi connectivity index (χ0) is 22.6. The lowest BCUT2D eigenvalue weighted by atomic mass is 10.1. The molecule has 8 nitrogen and oxygen atoms in total. The van der Waals surface area contributed by atoms with E-state index >= 15 is 0 Å². The van der Waals surface area contributed by atoms with Gasteiger partial charge in [0.2, 0.25) is 5.89 Å². The second kappa shape index (κ2) is 8.96. The molecule has 5 aromatic rings. The Hall–Kier alpha value is -4.46. The number of carbonyl (C=O) groups excluding carboxylic acids is 1. The summed E-state index contributed by atoms with van der Waals surface area (Å²) in [6.45, 7) is 0.518. The summed E-state index contributed by atoms with van der Waals surface area (Å²) in [4.78, 5) is 21.2. The smallest absolute Gasteiger partial charge is 0.251 e. The van der Waals surface area contributed by atoms with Crippen molar-refractivity contribution in [2.75, 3.05) is 13.7 Å². The molecule has 33 heavy (non-hydrogen) atoms. The molecule has 0 aliphatic rings. The first kappa shape index (κ1) is 20.4. The van der Waals surface area contributed by atoms with Crippen molar-refractivity contribution in [2.24, 2.45) is 0 Å². The fourth-order valence-electron chi connectivity index (χ4n) is 3.51. The first-order valence-corrected chi connectivity index (χ1v) is 10.4. The molecule has 3 aromatic heterocycles. The number of rotatable bonds is 7. The van der Waals surface area contributed by atoms with Crippen LogP contribution >= 0.6 is 0 Å². The number of aromatic nitrogens is 3. The van der Waals surface area contributed by atoms with Crippen LogP contribution in [0.15, 0.2) is 82.2 Å². The van der Waals surface area contributed by atoms with E-state index in [0.717, 1.165) is 17.5 Å². The summed E-state index contributed by atoms with van der Waals surface area (Å²) in [6.07, 6.45) is 5.72. The number of pyridine rings is 1. The van der Waals surface area contributed by atoms with Gasteiger partial charge in [-0.15, -0.1) is 0 Å². The lowest BCUT2D eigenvalue weighted by Gasteiger charge is -2.05. The monoisotopic (exact) mass is 440 g/mol. The van der Waals surface area contributed by atoms with Crippen LogP contribution in [0.4, 0.5) is 0 Å². The zero-order valence-electron chi connectivity index (χ0n) is 17.8. The van der Waals surface area contributed by atoms with Gasteiger partial charge in [-0.1, -0.05) is 11.2 Å². The van der Waals surface area contributed by atoms with Gasteiger partial charge in [0, 0.05) is 30.1 Å². The van der Waals surface area contributed by atoms with Gasteiger partial charge in [-0.25, -0.2) is 4.98 Å². The SMILES string of the molecule is COc1cccc(-c2nc(-c3noc4ccc(C(=O)NCCc5ccncc5)cc34)co2)c1. The molecule has 164 valence electrons. The van der Waals surface area contributed by atoms with Crippen molar-refractivity contribution in [3.63, 3.8) is 0 Å². The first-order chi connectivity index (χ1) is 16.2. The average Bonchev–Trinajstić information content (AvgIpc) is 3.51. The summed E-state index contributed by atoms with van der Waals surface area (Å²) >= 11 is 0. The second-order valence-corrected chi connectivity index (χ2v) is 7.37. The van der Waals surface area contributed by atoms with E-state index in [1.54, 1.807) is 37.7 Å². The summed E-state index contributed by atoms with van der Waals surface area (Å²) < 4.78 is 16.4. The van der Waals surface area contributed by atoms with Gasteiger partial charge in [-0.2, -0.15) is 0 Å². The van der Waals surface area contributed by atoms with Crippen molar-refractivity contribution in [1.29, 1.82) is 0 Å². The van der Waals surface area contributed by atoms with E-state index in [1.165, 1.54) is 6.26 Å². The molecule has 0 aliphatic heterocycles. The summed E-state index contributed by atoms with van der Waals surface area (Å²) in [7, 11) is 1.61. The average molecular weight is 440 g/mol. The molecule has 1 amide bonds. The largest absolute Gasteiger partial charge is 0.497 e. The normalized spacial score (nSPS) is 10.9. The number of nitrogens with zero attached hydrogens (tertiary/aromatic N) is 3. The number of amides is 1. The van der Waals surface area contributed by atoms with Crippen molar-refractivity contribution >= 4 is 16.9 Å². The van der Waals surface area contributed by atoms with Gasteiger partial charge in [0.05, 0.1) is 12.5 Å². The Morgan fingerprint density at radius 1 is 1.09 bits per heavy atom. The minimum atomic E-state index is -0.171. The van der Waals surface area contributed by atoms with Crippen LogP contribution in [0.3, 0.4) is 0 Å². The van der Waals surface area contributed by atoms with Crippen molar-refractivity contribution in [2.45, 2.75) is 6.42 Å². The van der Waals surface area contributed by atoms with Crippen LogP contribution in [0.2, 0.25) is 0 Å². The van der Waals surface area contributed by atoms with Crippen LogP contribution in [-0.2, 0) is 6.42 Å². The molecular formula is C25H20N4O4. The third kappa shape index (κ3) is 4.31. The van der Waals surface area contributed by atoms with E-state index in [9.17, 15) is 4.79 Å². The van der Waals surface area contributed by atoms with Crippen LogP contribution < -0.4 is 10.1 Å². The number of hydrogen-bond donors (Lipinski definition) is 1. The van der Waals surface area contributed by atoms with E-state index < -0.39 is 0 Å². The molecule has 0 atom stereocenters. The Morgan fingerprint density at radius 2 is 1.97 bits per heavy atom. The van der Waals surface area contributed by atoms with Crippen LogP contribution in [0.5, 0.6) is 5.75 Å². The quantitative estimate of drug-likeness (QED) is 0.397. The fraction of sp³-hybridized carbons (Fsp3) is 0.120. The maximum absolute atomic E-state index is 12.7. The predicted octanol–water partition coefficient (Wildman–Crippen LogP) is 4.53. The highest BCUT2D eigenvalue weighted by Crippen LogP contribution is 2.31. The van der Waals surface area contributed by atoms with Gasteiger partial charge in [0.1, 0.15) is 23.4 Å². The highest BCUT2D eigenvalue weighted by Gasteiger charge is 2.18. The van der Waals surface area contributed by atoms with E-state index in [0.29, 0.717) is 46.1 Å². The maximum atomic E-state index is 12.7. The van der Waals surface area contributed by atoms with Gasteiger partial charge in [-0.3, -0.25) is 9.78 Å². The molecule has 8 heteroatoms. The molecule has 0 fully saturated rings. The van der Waals surface area contributed by atoms with Crippen LogP contribution in [0.25, 0.3) is 33.8 Å². The molecule has 0 bridgehead atoms. The standard InChI is InChI=1S/C25H20N4O4/c1-31-19-4-2-3-18(13-19)25-28-21(15-32-25)23-20-14-17(5-6-22(20)33-29-23)24(30)27-12-9-16-7-10-26-11-8-16/h2-8,10-11,13-15H,9,12H2,1H3,(H,27,30). The minimum absolute atomic E-state index is 0.171. The Labute approximate surface area is 189 Å². The van der Waals surface area contributed by atoms with E-state index in [2.05, 4.69) is 20.4 Å². The van der Waals surface area contributed by atoms with Gasteiger partial charge in [-0.05, 0) is 60.5 Å². The van der Waals surface area contributed by atoms with Gasteiger partial charge < -0.3 is 19.0 Å². The Kier molecular flexibility index (Phi) is 5.55. The van der Waals surface area contributed by atoms with Crippen LogP contribution in [0, 0.1) is 0 Å². The third-order valence-corrected chi connectivity index (χ3v) is 5.24. The number of carbonyl (C=O) groups is 1. The number of oxazole rings is 1. The summed E-state index contributed by atoms with van der Waals surface area (Å²) in [6, 6.07) is 16.5. The molecular weight excluding hydrogens is 420 g/mol. The molecule has 0 saturated heterocycles. The predicted molar refractivity (Wildman–Crippen MR) is 122 cm³/mol. The minimum Gasteiger partial charge on any atom is -0.497 e. The number of hydrogen-bond acceptors (Lipinski definition) is 7. The Bertz CT molecular complexity index is 1410. The lowest BCUT2D eigenvalue weighted by Crippen LogP contribution is -2.25. The number of fused-ring (bicyclic) bond motifs is 1. The molecule has 0 spiro atoms. The topological polar surface area (TPSA) is 103 Å². The van der Waals surface area contributed by atoms with E-state index in [-0.39, 0.29) is 5.91 Å². The Morgan fingerprint density at radius 3 is 2.82 bits per heavy atom. The maximum Gasteiger partial charge on any atom is 0.251 e. The molecule has 0 radical (unpaired) electrons. The van der Waals surface area contributed by atoms with E-state index in [4.69, 9.17) is 13.7 Å². The van der Waals surface area contributed by atoms with Crippen molar-refractivity contribution < 1.29 is 18.5 Å². The summed E-state index contributed by atoms with van der Waals surface area (Å²) in [5.41, 5.74) is 3.99. The van der Waals surface area contributed by atoms with E-state index in [1.807, 2.05) is 36.4 Å². The van der Waals surface area contributed by atoms with Crippen molar-refractivity contribution in [3.05, 3.63) is 84.4 Å². The van der Waals surface area contributed by atoms with Gasteiger partial charge in [0.15, 0.2) is 5.58 Å². The molecule has 1 N–H and O–H groups in total. The van der Waals surface area contributed by atoms with Crippen molar-refractivity contribution in [1.82, 2.24) is 20.4 Å². The third-order valence-electron chi connectivity index (χ3n) is 5.24. The lowest BCUT2D eigenvalue weighted by molar-refractivity contribution is 0.0954. The molecule has 2 aromatic carbocycles. The molecule has 3 heterocycles. The van der Waals surface area contributed by atoms with Gasteiger partial charge >= 0.3 is 0 Å². The number of methoxy groups -OCH3 is 1. The first-order valence-electron chi connectivity index (χ1n) is 10.4. The number of nitrogens with one attached hydrogen (secondary N) is 1. The number of ether oxygens (including phenoxy) is 1. The number of benzene rings is 2. The molecule has 5 rings (SSSR count). The summed E-state index contributed by atoms with van der Waals surface area (Å²) in [5, 5.41) is 7.78. The van der Waals surface area contributed by atoms with Crippen LogP contribution in [-0.4, -0.2) is 34.7 Å². The molecule has 0 unspecified atom stereocenters.